The van der Waals surface area contributed by atoms with Crippen LogP contribution in [0, 0.1) is 0 Å². The molecule has 31 heavy (non-hydrogen) atoms. The number of benzene rings is 1. The number of nitrogens with zero attached hydrogens (tertiary/aromatic N) is 7. The van der Waals surface area contributed by atoms with Crippen molar-refractivity contribution < 1.29 is 5.11 Å². The Kier molecular flexibility index (Phi) is 4.24. The van der Waals surface area contributed by atoms with Crippen molar-refractivity contribution in [2.45, 2.75) is 38.0 Å². The Labute approximate surface area is 178 Å². The molecule has 1 aromatic carbocycles. The summed E-state index contributed by atoms with van der Waals surface area (Å²) in [7, 11) is 0. The van der Waals surface area contributed by atoms with E-state index in [1.54, 1.807) is 6.20 Å². The zero-order valence-electron chi connectivity index (χ0n) is 16.8. The predicted octanol–water partition coefficient (Wildman–Crippen LogP) is 3.37. The summed E-state index contributed by atoms with van der Waals surface area (Å²) in [6, 6.07) is 14.1. The number of rotatable bonds is 4. The largest absolute Gasteiger partial charge is 0.391 e. The molecule has 0 spiro atoms. The van der Waals surface area contributed by atoms with Crippen LogP contribution in [-0.4, -0.2) is 46.0 Å². The van der Waals surface area contributed by atoms with Crippen LogP contribution >= 0.6 is 0 Å². The Morgan fingerprint density at radius 1 is 1.06 bits per heavy atom. The van der Waals surface area contributed by atoms with Crippen LogP contribution in [0.4, 0.5) is 0 Å². The van der Waals surface area contributed by atoms with E-state index in [-0.39, 0.29) is 12.1 Å². The minimum absolute atomic E-state index is 0.0482. The van der Waals surface area contributed by atoms with Crippen molar-refractivity contribution in [2.24, 2.45) is 0 Å². The molecule has 0 saturated heterocycles. The van der Waals surface area contributed by atoms with Crippen molar-refractivity contribution in [1.82, 2.24) is 34.7 Å². The van der Waals surface area contributed by atoms with Crippen LogP contribution in [-0.2, 0) is 6.54 Å². The van der Waals surface area contributed by atoms with Crippen LogP contribution in [0.15, 0.2) is 61.1 Å². The number of pyridine rings is 2. The normalized spacial score (nSPS) is 18.9. The van der Waals surface area contributed by atoms with Crippen molar-refractivity contribution in [3.05, 3.63) is 66.6 Å². The summed E-state index contributed by atoms with van der Waals surface area (Å²) in [5.41, 5.74) is 5.31. The van der Waals surface area contributed by atoms with E-state index < -0.39 is 0 Å². The molecular formula is C23H21N7O. The summed E-state index contributed by atoms with van der Waals surface area (Å²) >= 11 is 0. The van der Waals surface area contributed by atoms with Gasteiger partial charge in [-0.1, -0.05) is 17.3 Å². The molecule has 5 aromatic rings. The van der Waals surface area contributed by atoms with Crippen LogP contribution in [0.25, 0.3) is 33.3 Å². The first-order valence-electron chi connectivity index (χ1n) is 10.5. The smallest absolute Gasteiger partial charge is 0.179 e. The number of hydrogen-bond acceptors (Lipinski definition) is 6. The molecule has 0 bridgehead atoms. The van der Waals surface area contributed by atoms with Gasteiger partial charge in [0.1, 0.15) is 5.52 Å². The molecule has 4 heterocycles. The summed E-state index contributed by atoms with van der Waals surface area (Å²) in [4.78, 5) is 9.21. The van der Waals surface area contributed by atoms with Crippen molar-refractivity contribution in [2.75, 3.05) is 0 Å². The van der Waals surface area contributed by atoms with Crippen LogP contribution in [0.2, 0.25) is 0 Å². The van der Waals surface area contributed by atoms with E-state index in [9.17, 15) is 5.11 Å². The Balaban J connectivity index is 1.33. The standard InChI is InChI=1S/C23H21N7O/c31-22-5-1-4-21(22)29-14-17(12-25-29)19-8-9-20-23(26-19)30(28-27-20)13-15-6-7-18-16(11-15)3-2-10-24-18/h2-3,6-12,14,21-22,31H,1,4-5,13H2. The summed E-state index contributed by atoms with van der Waals surface area (Å²) < 4.78 is 3.69. The van der Waals surface area contributed by atoms with Crippen LogP contribution in [0.1, 0.15) is 30.9 Å². The SMILES string of the molecule is OC1CCCC1n1cc(-c2ccc3nnn(Cc4ccc5ncccc5c4)c3n2)cn1. The number of aliphatic hydroxyl groups is 1. The Morgan fingerprint density at radius 2 is 2.00 bits per heavy atom. The predicted molar refractivity (Wildman–Crippen MR) is 116 cm³/mol. The zero-order chi connectivity index (χ0) is 20.8. The molecule has 0 aliphatic heterocycles. The molecule has 154 valence electrons. The lowest BCUT2D eigenvalue weighted by Gasteiger charge is -2.14. The van der Waals surface area contributed by atoms with E-state index in [0.717, 1.165) is 58.2 Å². The highest BCUT2D eigenvalue weighted by Crippen LogP contribution is 2.31. The molecule has 1 N–H and O–H groups in total. The third kappa shape index (κ3) is 3.25. The summed E-state index contributed by atoms with van der Waals surface area (Å²) in [5, 5.41) is 24.4. The van der Waals surface area contributed by atoms with Gasteiger partial charge in [-0.25, -0.2) is 9.67 Å². The summed E-state index contributed by atoms with van der Waals surface area (Å²) in [6.45, 7) is 0.575. The van der Waals surface area contributed by atoms with Gasteiger partial charge in [-0.2, -0.15) is 5.10 Å². The number of aliphatic hydroxyl groups excluding tert-OH is 1. The first-order valence-corrected chi connectivity index (χ1v) is 10.5. The van der Waals surface area contributed by atoms with Gasteiger partial charge in [0.05, 0.1) is 36.1 Å². The van der Waals surface area contributed by atoms with Crippen molar-refractivity contribution in [3.8, 4) is 11.3 Å². The molecular weight excluding hydrogens is 390 g/mol. The van der Waals surface area contributed by atoms with Gasteiger partial charge < -0.3 is 5.11 Å². The number of hydrogen-bond donors (Lipinski definition) is 1. The van der Waals surface area contributed by atoms with E-state index in [0.29, 0.717) is 6.54 Å². The van der Waals surface area contributed by atoms with Gasteiger partial charge in [0.2, 0.25) is 0 Å². The van der Waals surface area contributed by atoms with E-state index in [2.05, 4.69) is 38.6 Å². The molecule has 1 saturated carbocycles. The fraction of sp³-hybridized carbons (Fsp3) is 0.261. The lowest BCUT2D eigenvalue weighted by Crippen LogP contribution is -2.18. The average molecular weight is 411 g/mol. The number of fused-ring (bicyclic) bond motifs is 2. The Morgan fingerprint density at radius 3 is 2.90 bits per heavy atom. The molecule has 1 fully saturated rings. The second kappa shape index (κ2) is 7.24. The molecule has 6 rings (SSSR count). The van der Waals surface area contributed by atoms with Crippen molar-refractivity contribution >= 4 is 22.1 Å². The van der Waals surface area contributed by atoms with Crippen LogP contribution in [0.5, 0.6) is 0 Å². The van der Waals surface area contributed by atoms with E-state index in [1.165, 1.54) is 0 Å². The van der Waals surface area contributed by atoms with Crippen LogP contribution < -0.4 is 0 Å². The van der Waals surface area contributed by atoms with Gasteiger partial charge in [0.25, 0.3) is 0 Å². The maximum Gasteiger partial charge on any atom is 0.179 e. The van der Waals surface area contributed by atoms with Gasteiger partial charge >= 0.3 is 0 Å². The molecule has 0 amide bonds. The second-order valence-electron chi connectivity index (χ2n) is 8.09. The first-order chi connectivity index (χ1) is 15.2. The quantitative estimate of drug-likeness (QED) is 0.487. The van der Waals surface area contributed by atoms with E-state index in [4.69, 9.17) is 4.98 Å². The van der Waals surface area contributed by atoms with Gasteiger partial charge in [0.15, 0.2) is 5.65 Å². The monoisotopic (exact) mass is 411 g/mol. The third-order valence-electron chi connectivity index (χ3n) is 6.04. The van der Waals surface area contributed by atoms with E-state index in [1.807, 2.05) is 46.0 Å². The fourth-order valence-electron chi connectivity index (χ4n) is 4.40. The van der Waals surface area contributed by atoms with Crippen molar-refractivity contribution in [1.29, 1.82) is 0 Å². The average Bonchev–Trinajstić information content (AvgIpc) is 3.53. The maximum atomic E-state index is 10.2. The molecule has 8 heteroatoms. The zero-order valence-corrected chi connectivity index (χ0v) is 16.8. The number of aromatic nitrogens is 7. The Bertz CT molecular complexity index is 1390. The lowest BCUT2D eigenvalue weighted by molar-refractivity contribution is 0.130. The lowest BCUT2D eigenvalue weighted by atomic mass is 10.1. The molecule has 2 atom stereocenters. The minimum atomic E-state index is -0.328. The van der Waals surface area contributed by atoms with E-state index >= 15 is 0 Å². The second-order valence-corrected chi connectivity index (χ2v) is 8.09. The highest BCUT2D eigenvalue weighted by molar-refractivity contribution is 5.79. The Hall–Kier alpha value is -3.65. The molecule has 8 nitrogen and oxygen atoms in total. The third-order valence-corrected chi connectivity index (χ3v) is 6.04. The highest BCUT2D eigenvalue weighted by atomic mass is 16.3. The highest BCUT2D eigenvalue weighted by Gasteiger charge is 2.27. The van der Waals surface area contributed by atoms with Crippen molar-refractivity contribution in [3.63, 3.8) is 0 Å². The fourth-order valence-corrected chi connectivity index (χ4v) is 4.40. The van der Waals surface area contributed by atoms with Crippen LogP contribution in [0.3, 0.4) is 0 Å². The van der Waals surface area contributed by atoms with Gasteiger partial charge in [-0.05, 0) is 55.2 Å². The van der Waals surface area contributed by atoms with Gasteiger partial charge in [-0.3, -0.25) is 9.67 Å². The minimum Gasteiger partial charge on any atom is -0.391 e. The molecule has 1 aliphatic carbocycles. The first kappa shape index (κ1) is 18.1. The summed E-state index contributed by atoms with van der Waals surface area (Å²) in [5.74, 6) is 0. The molecule has 4 aromatic heterocycles. The maximum absolute atomic E-state index is 10.2. The van der Waals surface area contributed by atoms with Gasteiger partial charge in [0, 0.05) is 23.3 Å². The molecule has 0 radical (unpaired) electrons. The molecule has 2 unspecified atom stereocenters. The summed E-state index contributed by atoms with van der Waals surface area (Å²) in [6.07, 6.45) is 8.06. The topological polar surface area (TPSA) is 94.5 Å². The van der Waals surface area contributed by atoms with Gasteiger partial charge in [-0.15, -0.1) is 5.10 Å². The molecule has 1 aliphatic rings.